The number of hydrogen-bond acceptors (Lipinski definition) is 2. The number of alkyl halides is 3. The van der Waals surface area contributed by atoms with E-state index in [-0.39, 0.29) is 19.8 Å². The first-order valence-corrected chi connectivity index (χ1v) is 5.34. The number of aliphatic hydroxyl groups is 1. The van der Waals surface area contributed by atoms with Gasteiger partial charge in [0.1, 0.15) is 6.61 Å². The van der Waals surface area contributed by atoms with Gasteiger partial charge in [-0.25, -0.2) is 0 Å². The number of hydrogen-bond donors (Lipinski definition) is 1. The maximum absolute atomic E-state index is 11.9. The van der Waals surface area contributed by atoms with Crippen LogP contribution in [-0.4, -0.2) is 24.5 Å². The minimum absolute atomic E-state index is 0.116. The molecule has 5 heteroatoms. The van der Waals surface area contributed by atoms with Crippen LogP contribution >= 0.6 is 0 Å². The van der Waals surface area contributed by atoms with Crippen molar-refractivity contribution in [1.29, 1.82) is 0 Å². The van der Waals surface area contributed by atoms with E-state index >= 15 is 0 Å². The molecule has 1 N–H and O–H groups in total. The monoisotopic (exact) mass is 258 g/mol. The van der Waals surface area contributed by atoms with Crippen molar-refractivity contribution in [3.8, 4) is 11.8 Å². The lowest BCUT2D eigenvalue weighted by Gasteiger charge is -2.07. The number of aliphatic hydroxyl groups excluding tert-OH is 1. The quantitative estimate of drug-likeness (QED) is 0.664. The first-order valence-electron chi connectivity index (χ1n) is 5.34. The lowest BCUT2D eigenvalue weighted by atomic mass is 10.1. The Bertz CT molecular complexity index is 430. The number of halogens is 3. The van der Waals surface area contributed by atoms with Crippen molar-refractivity contribution in [2.24, 2.45) is 0 Å². The number of benzene rings is 1. The van der Waals surface area contributed by atoms with Gasteiger partial charge in [0.2, 0.25) is 0 Å². The van der Waals surface area contributed by atoms with Crippen molar-refractivity contribution >= 4 is 0 Å². The zero-order valence-electron chi connectivity index (χ0n) is 9.63. The topological polar surface area (TPSA) is 29.5 Å². The van der Waals surface area contributed by atoms with Crippen LogP contribution < -0.4 is 0 Å². The summed E-state index contributed by atoms with van der Waals surface area (Å²) in [5.74, 6) is 5.21. The fourth-order valence-corrected chi connectivity index (χ4v) is 1.26. The van der Waals surface area contributed by atoms with E-state index in [2.05, 4.69) is 11.8 Å². The summed E-state index contributed by atoms with van der Waals surface area (Å²) in [6.45, 7) is -0.465. The van der Waals surface area contributed by atoms with Crippen molar-refractivity contribution in [1.82, 2.24) is 0 Å². The fraction of sp³-hybridized carbons (Fsp3) is 0.385. The molecule has 0 bridgehead atoms. The van der Waals surface area contributed by atoms with E-state index in [4.69, 9.17) is 9.84 Å². The standard InChI is InChI=1S/C13H13F3O2/c14-13(15,16)6-8-18-10-12-4-1-3-11(9-12)5-2-7-17/h1,3-4,9,17H,6-8,10H2. The predicted molar refractivity (Wildman–Crippen MR) is 60.7 cm³/mol. The van der Waals surface area contributed by atoms with Gasteiger partial charge >= 0.3 is 6.18 Å². The molecule has 0 saturated carbocycles. The zero-order valence-corrected chi connectivity index (χ0v) is 9.63. The van der Waals surface area contributed by atoms with Gasteiger partial charge in [-0.05, 0) is 17.7 Å². The van der Waals surface area contributed by atoms with E-state index in [0.717, 1.165) is 5.56 Å². The molecule has 0 saturated heterocycles. The molecule has 0 amide bonds. The largest absolute Gasteiger partial charge is 0.391 e. The van der Waals surface area contributed by atoms with Crippen molar-refractivity contribution in [2.75, 3.05) is 13.2 Å². The van der Waals surface area contributed by atoms with E-state index in [1.807, 2.05) is 0 Å². The molecule has 0 unspecified atom stereocenters. The Kier molecular flexibility index (Phi) is 5.69. The van der Waals surface area contributed by atoms with Crippen LogP contribution in [0, 0.1) is 11.8 Å². The Labute approximate surface area is 103 Å². The van der Waals surface area contributed by atoms with Gasteiger partial charge in [0, 0.05) is 5.56 Å². The van der Waals surface area contributed by atoms with Gasteiger partial charge < -0.3 is 9.84 Å². The highest BCUT2D eigenvalue weighted by Crippen LogP contribution is 2.19. The lowest BCUT2D eigenvalue weighted by molar-refractivity contribution is -0.146. The second-order valence-electron chi connectivity index (χ2n) is 3.58. The molecule has 1 rings (SSSR count). The molecule has 0 spiro atoms. The molecule has 0 fully saturated rings. The van der Waals surface area contributed by atoms with E-state index in [1.165, 1.54) is 0 Å². The van der Waals surface area contributed by atoms with E-state index in [9.17, 15) is 13.2 Å². The van der Waals surface area contributed by atoms with Crippen molar-refractivity contribution in [2.45, 2.75) is 19.2 Å². The maximum Gasteiger partial charge on any atom is 0.391 e. The molecule has 0 aromatic heterocycles. The van der Waals surface area contributed by atoms with Crippen molar-refractivity contribution in [3.05, 3.63) is 35.4 Å². The SMILES string of the molecule is OCC#Cc1cccc(COCCC(F)(F)F)c1. The second-order valence-corrected chi connectivity index (χ2v) is 3.58. The number of rotatable bonds is 4. The third kappa shape index (κ3) is 6.28. The summed E-state index contributed by atoms with van der Waals surface area (Å²) >= 11 is 0. The average Bonchev–Trinajstić information content (AvgIpc) is 2.31. The molecule has 0 heterocycles. The molecule has 1 aromatic rings. The smallest absolute Gasteiger partial charge is 0.384 e. The predicted octanol–water partition coefficient (Wildman–Crippen LogP) is 2.50. The van der Waals surface area contributed by atoms with Crippen molar-refractivity contribution in [3.63, 3.8) is 0 Å². The molecule has 2 nitrogen and oxygen atoms in total. The molecule has 0 aliphatic carbocycles. The Morgan fingerprint density at radius 2 is 2.06 bits per heavy atom. The van der Waals surface area contributed by atoms with Crippen LogP contribution in [0.15, 0.2) is 24.3 Å². The summed E-state index contributed by atoms with van der Waals surface area (Å²) in [7, 11) is 0. The minimum Gasteiger partial charge on any atom is -0.384 e. The van der Waals surface area contributed by atoms with Crippen LogP contribution in [0.3, 0.4) is 0 Å². The molecular formula is C13H13F3O2. The maximum atomic E-state index is 11.9. The van der Waals surface area contributed by atoms with Gasteiger partial charge in [-0.2, -0.15) is 13.2 Å². The average molecular weight is 258 g/mol. The fourth-order valence-electron chi connectivity index (χ4n) is 1.26. The van der Waals surface area contributed by atoms with Crippen LogP contribution in [0.2, 0.25) is 0 Å². The molecule has 0 atom stereocenters. The first-order chi connectivity index (χ1) is 8.51. The van der Waals surface area contributed by atoms with Crippen molar-refractivity contribution < 1.29 is 23.0 Å². The first kappa shape index (κ1) is 14.6. The van der Waals surface area contributed by atoms with Gasteiger partial charge in [-0.1, -0.05) is 24.0 Å². The van der Waals surface area contributed by atoms with Crippen LogP contribution in [0.5, 0.6) is 0 Å². The van der Waals surface area contributed by atoms with Crippen LogP contribution in [0.25, 0.3) is 0 Å². The third-order valence-corrected chi connectivity index (χ3v) is 2.04. The van der Waals surface area contributed by atoms with Gasteiger partial charge in [-0.3, -0.25) is 0 Å². The molecule has 0 aliphatic rings. The zero-order chi connectivity index (χ0) is 13.4. The minimum atomic E-state index is -4.19. The Morgan fingerprint density at radius 1 is 1.28 bits per heavy atom. The Morgan fingerprint density at radius 3 is 2.72 bits per heavy atom. The normalized spacial score (nSPS) is 10.9. The second kappa shape index (κ2) is 7.04. The Hall–Kier alpha value is -1.51. The highest BCUT2D eigenvalue weighted by Gasteiger charge is 2.26. The summed E-state index contributed by atoms with van der Waals surface area (Å²) in [5.41, 5.74) is 1.45. The van der Waals surface area contributed by atoms with Crippen LogP contribution in [0.1, 0.15) is 17.5 Å². The van der Waals surface area contributed by atoms with E-state index in [1.54, 1.807) is 24.3 Å². The molecule has 0 radical (unpaired) electrons. The Balaban J connectivity index is 2.43. The van der Waals surface area contributed by atoms with Crippen LogP contribution in [0.4, 0.5) is 13.2 Å². The van der Waals surface area contributed by atoms with Crippen LogP contribution in [-0.2, 0) is 11.3 Å². The summed E-state index contributed by atoms with van der Waals surface area (Å²) in [6.07, 6.45) is -5.13. The lowest BCUT2D eigenvalue weighted by Crippen LogP contribution is -2.11. The molecule has 1 aromatic carbocycles. The van der Waals surface area contributed by atoms with E-state index in [0.29, 0.717) is 5.56 Å². The van der Waals surface area contributed by atoms with Gasteiger partial charge in [0.25, 0.3) is 0 Å². The van der Waals surface area contributed by atoms with Gasteiger partial charge in [0.15, 0.2) is 0 Å². The summed E-state index contributed by atoms with van der Waals surface area (Å²) in [4.78, 5) is 0. The highest BCUT2D eigenvalue weighted by atomic mass is 19.4. The molecular weight excluding hydrogens is 245 g/mol. The van der Waals surface area contributed by atoms with Gasteiger partial charge in [-0.15, -0.1) is 0 Å². The molecule has 18 heavy (non-hydrogen) atoms. The van der Waals surface area contributed by atoms with E-state index < -0.39 is 12.6 Å². The third-order valence-electron chi connectivity index (χ3n) is 2.04. The molecule has 0 aliphatic heterocycles. The highest BCUT2D eigenvalue weighted by molar-refractivity contribution is 5.36. The summed E-state index contributed by atoms with van der Waals surface area (Å²) in [5, 5.41) is 8.54. The number of ether oxygens (including phenoxy) is 1. The summed E-state index contributed by atoms with van der Waals surface area (Å²) < 4.78 is 40.5. The molecule has 98 valence electrons. The van der Waals surface area contributed by atoms with Gasteiger partial charge in [0.05, 0.1) is 19.6 Å². The summed E-state index contributed by atoms with van der Waals surface area (Å²) in [6, 6.07) is 6.96.